The lowest BCUT2D eigenvalue weighted by Gasteiger charge is -2.12. The van der Waals surface area contributed by atoms with Crippen molar-refractivity contribution >= 4 is 57.5 Å². The number of benzene rings is 1. The van der Waals surface area contributed by atoms with Gasteiger partial charge in [0.2, 0.25) is 5.91 Å². The summed E-state index contributed by atoms with van der Waals surface area (Å²) < 4.78 is 0.809. The molecular weight excluding hydrogens is 391 g/mol. The second-order valence-corrected chi connectivity index (χ2v) is 5.75. The third-order valence-electron chi connectivity index (χ3n) is 2.47. The van der Waals surface area contributed by atoms with Crippen LogP contribution in [0.5, 0.6) is 0 Å². The fourth-order valence-corrected chi connectivity index (χ4v) is 2.20. The maximum Gasteiger partial charge on any atom is 0.337 e. The number of nitrogens with one attached hydrogen (secondary N) is 2. The van der Waals surface area contributed by atoms with E-state index in [-0.39, 0.29) is 16.6 Å². The average molecular weight is 406 g/mol. The molecule has 0 aliphatic carbocycles. The molecule has 0 aliphatic rings. The Hall–Kier alpha value is -1.22. The van der Waals surface area contributed by atoms with E-state index in [2.05, 4.69) is 10.6 Å². The molecule has 1 amide bonds. The number of thiocarbonyl (C=S) groups is 1. The van der Waals surface area contributed by atoms with E-state index < -0.39 is 5.97 Å². The van der Waals surface area contributed by atoms with Gasteiger partial charge in [0.05, 0.1) is 11.3 Å². The first-order chi connectivity index (χ1) is 9.43. The summed E-state index contributed by atoms with van der Waals surface area (Å²) in [5, 5.41) is 14.5. The van der Waals surface area contributed by atoms with Gasteiger partial charge in [-0.3, -0.25) is 4.79 Å². The Kier molecular flexibility index (Phi) is 6.86. The van der Waals surface area contributed by atoms with Crippen molar-refractivity contribution in [1.29, 1.82) is 0 Å². The molecule has 0 spiro atoms. The van der Waals surface area contributed by atoms with Gasteiger partial charge in [0.15, 0.2) is 5.11 Å². The first kappa shape index (κ1) is 16.8. The van der Waals surface area contributed by atoms with Crippen LogP contribution in [0.25, 0.3) is 0 Å². The van der Waals surface area contributed by atoms with Crippen molar-refractivity contribution in [2.75, 3.05) is 5.32 Å². The predicted molar refractivity (Wildman–Crippen MR) is 90.0 cm³/mol. The smallest absolute Gasteiger partial charge is 0.337 e. The van der Waals surface area contributed by atoms with Gasteiger partial charge in [0.1, 0.15) is 0 Å². The quantitative estimate of drug-likeness (QED) is 0.518. The average Bonchev–Trinajstić information content (AvgIpc) is 2.38. The van der Waals surface area contributed by atoms with Crippen LogP contribution >= 0.6 is 34.8 Å². The van der Waals surface area contributed by atoms with Crippen molar-refractivity contribution in [3.63, 3.8) is 0 Å². The van der Waals surface area contributed by atoms with Gasteiger partial charge in [0, 0.05) is 9.99 Å². The number of carboxylic acids is 1. The van der Waals surface area contributed by atoms with Crippen LogP contribution in [-0.4, -0.2) is 22.1 Å². The molecule has 0 aromatic heterocycles. The summed E-state index contributed by atoms with van der Waals surface area (Å²) in [6.07, 6.45) is 2.11. The molecule has 0 atom stereocenters. The van der Waals surface area contributed by atoms with Gasteiger partial charge in [-0.15, -0.1) is 0 Å². The zero-order chi connectivity index (χ0) is 15.1. The van der Waals surface area contributed by atoms with Crippen LogP contribution < -0.4 is 10.6 Å². The largest absolute Gasteiger partial charge is 0.478 e. The number of hydrogen-bond donors (Lipinski definition) is 3. The van der Waals surface area contributed by atoms with Crippen LogP contribution in [0.2, 0.25) is 0 Å². The minimum absolute atomic E-state index is 0.106. The lowest BCUT2D eigenvalue weighted by molar-refractivity contribution is -0.119. The van der Waals surface area contributed by atoms with E-state index in [4.69, 9.17) is 17.3 Å². The Bertz CT molecular complexity index is 534. The lowest BCUT2D eigenvalue weighted by Crippen LogP contribution is -2.34. The number of carbonyl (C=O) groups is 2. The number of carboxylic acid groups (broad SMARTS) is 1. The second kappa shape index (κ2) is 8.15. The van der Waals surface area contributed by atoms with Crippen molar-refractivity contribution < 1.29 is 14.7 Å². The molecule has 1 aromatic rings. The molecular formula is C13H15IN2O3S. The second-order valence-electron chi connectivity index (χ2n) is 4.10. The van der Waals surface area contributed by atoms with Gasteiger partial charge in [0.25, 0.3) is 0 Å². The highest BCUT2D eigenvalue weighted by Crippen LogP contribution is 2.18. The molecule has 0 fully saturated rings. The van der Waals surface area contributed by atoms with Crippen LogP contribution in [0.3, 0.4) is 0 Å². The standard InChI is InChI=1S/C13H15IN2O3S/c1-2-3-4-11(17)16-13(20)15-10-6-5-8(14)7-9(10)12(18)19/h5-7H,2-4H2,1H3,(H,18,19)(H2,15,16,17,20). The number of anilines is 1. The molecule has 0 aliphatic heterocycles. The highest BCUT2D eigenvalue weighted by atomic mass is 127. The van der Waals surface area contributed by atoms with Crippen molar-refractivity contribution in [1.82, 2.24) is 5.32 Å². The molecule has 0 bridgehead atoms. The van der Waals surface area contributed by atoms with E-state index in [1.54, 1.807) is 12.1 Å². The summed E-state index contributed by atoms with van der Waals surface area (Å²) in [4.78, 5) is 22.7. The van der Waals surface area contributed by atoms with Gasteiger partial charge in [-0.1, -0.05) is 13.3 Å². The molecule has 0 heterocycles. The normalized spacial score (nSPS) is 9.90. The van der Waals surface area contributed by atoms with Crippen LogP contribution in [0.4, 0.5) is 5.69 Å². The van der Waals surface area contributed by atoms with Crippen molar-refractivity contribution in [3.8, 4) is 0 Å². The van der Waals surface area contributed by atoms with E-state index in [0.29, 0.717) is 12.1 Å². The fourth-order valence-electron chi connectivity index (χ4n) is 1.48. The molecule has 0 radical (unpaired) electrons. The molecule has 3 N–H and O–H groups in total. The molecule has 7 heteroatoms. The minimum atomic E-state index is -1.05. The number of rotatable bonds is 5. The summed E-state index contributed by atoms with van der Waals surface area (Å²) in [5.41, 5.74) is 0.473. The highest BCUT2D eigenvalue weighted by molar-refractivity contribution is 14.1. The van der Waals surface area contributed by atoms with Gasteiger partial charge >= 0.3 is 5.97 Å². The number of carbonyl (C=O) groups excluding carboxylic acids is 1. The first-order valence-electron chi connectivity index (χ1n) is 6.07. The Morgan fingerprint density at radius 3 is 2.70 bits per heavy atom. The molecule has 0 saturated carbocycles. The highest BCUT2D eigenvalue weighted by Gasteiger charge is 2.12. The number of hydrogen-bond acceptors (Lipinski definition) is 3. The van der Waals surface area contributed by atoms with Gasteiger partial charge in [-0.25, -0.2) is 4.79 Å². The van der Waals surface area contributed by atoms with Crippen LogP contribution in [-0.2, 0) is 4.79 Å². The van der Waals surface area contributed by atoms with E-state index in [1.165, 1.54) is 6.07 Å². The Balaban J connectivity index is 2.71. The van der Waals surface area contributed by atoms with Gasteiger partial charge < -0.3 is 15.7 Å². The summed E-state index contributed by atoms with van der Waals surface area (Å²) in [6.45, 7) is 1.99. The summed E-state index contributed by atoms with van der Waals surface area (Å²) >= 11 is 7.03. The zero-order valence-electron chi connectivity index (χ0n) is 10.9. The van der Waals surface area contributed by atoms with Crippen molar-refractivity contribution in [3.05, 3.63) is 27.3 Å². The third kappa shape index (κ3) is 5.41. The maximum absolute atomic E-state index is 11.5. The van der Waals surface area contributed by atoms with Crippen molar-refractivity contribution in [2.24, 2.45) is 0 Å². The molecule has 1 rings (SSSR count). The molecule has 0 unspecified atom stereocenters. The van der Waals surface area contributed by atoms with E-state index in [1.807, 2.05) is 29.5 Å². The van der Waals surface area contributed by atoms with Gasteiger partial charge in [-0.05, 0) is 59.4 Å². The molecule has 108 valence electrons. The van der Waals surface area contributed by atoms with Crippen LogP contribution in [0.1, 0.15) is 36.5 Å². The molecule has 20 heavy (non-hydrogen) atoms. The minimum Gasteiger partial charge on any atom is -0.478 e. The topological polar surface area (TPSA) is 78.4 Å². The summed E-state index contributed by atoms with van der Waals surface area (Å²) in [5.74, 6) is -1.22. The Morgan fingerprint density at radius 2 is 2.10 bits per heavy atom. The Labute approximate surface area is 136 Å². The number of aromatic carboxylic acids is 1. The predicted octanol–water partition coefficient (Wildman–Crippen LogP) is 2.99. The number of unbranched alkanes of at least 4 members (excludes halogenated alkanes) is 1. The molecule has 1 aromatic carbocycles. The summed E-state index contributed by atoms with van der Waals surface area (Å²) in [6, 6.07) is 4.92. The SMILES string of the molecule is CCCCC(=O)NC(=S)Nc1ccc(I)cc1C(=O)O. The van der Waals surface area contributed by atoms with Crippen molar-refractivity contribution in [2.45, 2.75) is 26.2 Å². The molecule has 5 nitrogen and oxygen atoms in total. The zero-order valence-corrected chi connectivity index (χ0v) is 13.9. The Morgan fingerprint density at radius 1 is 1.40 bits per heavy atom. The van der Waals surface area contributed by atoms with E-state index in [9.17, 15) is 9.59 Å². The monoisotopic (exact) mass is 406 g/mol. The fraction of sp³-hybridized carbons (Fsp3) is 0.308. The third-order valence-corrected chi connectivity index (χ3v) is 3.35. The van der Waals surface area contributed by atoms with E-state index >= 15 is 0 Å². The lowest BCUT2D eigenvalue weighted by atomic mass is 10.2. The molecule has 0 saturated heterocycles. The van der Waals surface area contributed by atoms with E-state index in [0.717, 1.165) is 16.4 Å². The maximum atomic E-state index is 11.5. The number of halogens is 1. The van der Waals surface area contributed by atoms with Gasteiger partial charge in [-0.2, -0.15) is 0 Å². The summed E-state index contributed by atoms with van der Waals surface area (Å²) in [7, 11) is 0. The van der Waals surface area contributed by atoms with Crippen LogP contribution in [0.15, 0.2) is 18.2 Å². The first-order valence-corrected chi connectivity index (χ1v) is 7.56. The van der Waals surface area contributed by atoms with Crippen LogP contribution in [0, 0.1) is 3.57 Å². The number of amides is 1.